The molecule has 2 N–H and O–H groups in total. The largest absolute Gasteiger partial charge is 0.444 e. The van der Waals surface area contributed by atoms with E-state index in [1.165, 1.54) is 0 Å². The van der Waals surface area contributed by atoms with Gasteiger partial charge in [-0.2, -0.15) is 0 Å². The van der Waals surface area contributed by atoms with Crippen molar-refractivity contribution in [3.05, 3.63) is 34.9 Å². The number of halogens is 1. The van der Waals surface area contributed by atoms with Crippen LogP contribution in [0.15, 0.2) is 24.3 Å². The van der Waals surface area contributed by atoms with Crippen molar-refractivity contribution in [2.24, 2.45) is 0 Å². The number of carbonyl (C=O) groups excluding carboxylic acids is 1. The number of rotatable bonds is 3. The summed E-state index contributed by atoms with van der Waals surface area (Å²) in [4.78, 5) is 11.6. The molecule has 0 radical (unpaired) electrons. The lowest BCUT2D eigenvalue weighted by Crippen LogP contribution is -2.40. The van der Waals surface area contributed by atoms with Crippen molar-refractivity contribution in [1.82, 2.24) is 5.32 Å². The summed E-state index contributed by atoms with van der Waals surface area (Å²) >= 11 is 5.86. The first-order chi connectivity index (χ1) is 8.69. The zero-order valence-electron chi connectivity index (χ0n) is 11.6. The minimum atomic E-state index is -0.841. The molecule has 4 nitrogen and oxygen atoms in total. The maximum absolute atomic E-state index is 11.6. The Morgan fingerprint density at radius 3 is 2.58 bits per heavy atom. The van der Waals surface area contributed by atoms with Gasteiger partial charge in [-0.1, -0.05) is 23.7 Å². The third kappa shape index (κ3) is 5.49. The average molecular weight is 286 g/mol. The molecule has 106 valence electrons. The van der Waals surface area contributed by atoms with Crippen LogP contribution in [0.3, 0.4) is 0 Å². The second-order valence-corrected chi connectivity index (χ2v) is 5.87. The highest BCUT2D eigenvalue weighted by Gasteiger charge is 2.22. The van der Waals surface area contributed by atoms with Crippen LogP contribution in [-0.4, -0.2) is 22.8 Å². The molecule has 5 heteroatoms. The molecule has 0 aliphatic heterocycles. The van der Waals surface area contributed by atoms with Crippen molar-refractivity contribution >= 4 is 17.7 Å². The Morgan fingerprint density at radius 1 is 1.42 bits per heavy atom. The lowest BCUT2D eigenvalue weighted by atomic mass is 10.0. The quantitative estimate of drug-likeness (QED) is 0.896. The number of amides is 1. The third-order valence-corrected chi connectivity index (χ3v) is 2.64. The van der Waals surface area contributed by atoms with Gasteiger partial charge < -0.3 is 15.2 Å². The van der Waals surface area contributed by atoms with E-state index >= 15 is 0 Å². The first-order valence-electron chi connectivity index (χ1n) is 6.12. The van der Waals surface area contributed by atoms with Gasteiger partial charge in [-0.15, -0.1) is 0 Å². The highest BCUT2D eigenvalue weighted by molar-refractivity contribution is 6.30. The van der Waals surface area contributed by atoms with Gasteiger partial charge in [-0.05, 0) is 45.4 Å². The van der Waals surface area contributed by atoms with E-state index in [-0.39, 0.29) is 0 Å². The van der Waals surface area contributed by atoms with Crippen LogP contribution in [0.25, 0.3) is 0 Å². The summed E-state index contributed by atoms with van der Waals surface area (Å²) in [6.07, 6.45) is -1.40. The van der Waals surface area contributed by atoms with E-state index in [1.54, 1.807) is 52.0 Å². The molecular formula is C14H20ClNO3. The highest BCUT2D eigenvalue weighted by Crippen LogP contribution is 2.20. The SMILES string of the molecule is C[C@H](NC(=O)OC(C)(C)C)C(O)c1cccc(Cl)c1. The maximum atomic E-state index is 11.6. The lowest BCUT2D eigenvalue weighted by molar-refractivity contribution is 0.0436. The van der Waals surface area contributed by atoms with E-state index in [1.807, 2.05) is 0 Å². The van der Waals surface area contributed by atoms with Crippen molar-refractivity contribution in [2.45, 2.75) is 45.4 Å². The van der Waals surface area contributed by atoms with Crippen molar-refractivity contribution in [3.63, 3.8) is 0 Å². The second kappa shape index (κ2) is 6.26. The normalized spacial score (nSPS) is 14.6. The summed E-state index contributed by atoms with van der Waals surface area (Å²) in [7, 11) is 0. The van der Waals surface area contributed by atoms with Crippen molar-refractivity contribution in [2.75, 3.05) is 0 Å². The Bertz CT molecular complexity index is 443. The summed E-state index contributed by atoms with van der Waals surface area (Å²) < 4.78 is 5.13. The monoisotopic (exact) mass is 285 g/mol. The Balaban J connectivity index is 2.63. The summed E-state index contributed by atoms with van der Waals surface area (Å²) in [6, 6.07) is 6.42. The summed E-state index contributed by atoms with van der Waals surface area (Å²) in [5.41, 5.74) is 0.0845. The smallest absolute Gasteiger partial charge is 0.407 e. The zero-order valence-corrected chi connectivity index (χ0v) is 12.4. The number of carbonyl (C=O) groups is 1. The van der Waals surface area contributed by atoms with Gasteiger partial charge in [0, 0.05) is 5.02 Å². The lowest BCUT2D eigenvalue weighted by Gasteiger charge is -2.24. The van der Waals surface area contributed by atoms with Gasteiger partial charge in [-0.3, -0.25) is 0 Å². The van der Waals surface area contributed by atoms with Gasteiger partial charge in [0.25, 0.3) is 0 Å². The molecule has 2 atom stereocenters. The van der Waals surface area contributed by atoms with Crippen molar-refractivity contribution < 1.29 is 14.6 Å². The van der Waals surface area contributed by atoms with Gasteiger partial charge in [0.1, 0.15) is 5.60 Å². The molecule has 0 aromatic heterocycles. The van der Waals surface area contributed by atoms with E-state index in [2.05, 4.69) is 5.32 Å². The van der Waals surface area contributed by atoms with E-state index < -0.39 is 23.8 Å². The van der Waals surface area contributed by atoms with E-state index in [0.717, 1.165) is 0 Å². The minimum Gasteiger partial charge on any atom is -0.444 e. The Kier molecular flexibility index (Phi) is 5.20. The fraction of sp³-hybridized carbons (Fsp3) is 0.500. The van der Waals surface area contributed by atoms with E-state index in [0.29, 0.717) is 10.6 Å². The first kappa shape index (κ1) is 15.8. The fourth-order valence-electron chi connectivity index (χ4n) is 1.55. The van der Waals surface area contributed by atoms with Crippen LogP contribution >= 0.6 is 11.6 Å². The average Bonchev–Trinajstić information content (AvgIpc) is 2.25. The molecule has 0 saturated carbocycles. The molecule has 1 aromatic carbocycles. The minimum absolute atomic E-state index is 0.478. The van der Waals surface area contributed by atoms with Gasteiger partial charge in [0.05, 0.1) is 12.1 Å². The van der Waals surface area contributed by atoms with Crippen LogP contribution in [-0.2, 0) is 4.74 Å². The molecule has 0 fully saturated rings. The molecule has 0 saturated heterocycles. The molecule has 0 spiro atoms. The Morgan fingerprint density at radius 2 is 2.05 bits per heavy atom. The first-order valence-corrected chi connectivity index (χ1v) is 6.50. The van der Waals surface area contributed by atoms with Crippen LogP contribution < -0.4 is 5.32 Å². The summed E-state index contributed by atoms with van der Waals surface area (Å²) in [5.74, 6) is 0. The predicted octanol–water partition coefficient (Wildman–Crippen LogP) is 3.29. The predicted molar refractivity (Wildman–Crippen MR) is 75.2 cm³/mol. The molecule has 0 aliphatic rings. The number of nitrogens with one attached hydrogen (secondary N) is 1. The molecular weight excluding hydrogens is 266 g/mol. The van der Waals surface area contributed by atoms with Crippen LogP contribution in [0.1, 0.15) is 39.4 Å². The van der Waals surface area contributed by atoms with Gasteiger partial charge in [-0.25, -0.2) is 4.79 Å². The number of benzene rings is 1. The fourth-order valence-corrected chi connectivity index (χ4v) is 1.75. The van der Waals surface area contributed by atoms with Crippen molar-refractivity contribution in [3.8, 4) is 0 Å². The topological polar surface area (TPSA) is 58.6 Å². The standard InChI is InChI=1S/C14H20ClNO3/c1-9(16-13(18)19-14(2,3)4)12(17)10-6-5-7-11(15)8-10/h5-9,12,17H,1-4H3,(H,16,18)/t9-,12?/m0/s1. The number of alkyl carbamates (subject to hydrolysis) is 1. The van der Waals surface area contributed by atoms with E-state index in [4.69, 9.17) is 16.3 Å². The molecule has 0 bridgehead atoms. The molecule has 1 amide bonds. The molecule has 1 unspecified atom stereocenters. The van der Waals surface area contributed by atoms with Crippen LogP contribution in [0.2, 0.25) is 5.02 Å². The van der Waals surface area contributed by atoms with Gasteiger partial charge in [0.2, 0.25) is 0 Å². The van der Waals surface area contributed by atoms with Gasteiger partial charge >= 0.3 is 6.09 Å². The summed E-state index contributed by atoms with van der Waals surface area (Å²) in [6.45, 7) is 7.05. The van der Waals surface area contributed by atoms with Crippen LogP contribution in [0.4, 0.5) is 4.79 Å². The zero-order chi connectivity index (χ0) is 14.6. The number of aliphatic hydroxyl groups excluding tert-OH is 1. The molecule has 1 rings (SSSR count). The number of aliphatic hydroxyl groups is 1. The third-order valence-electron chi connectivity index (χ3n) is 2.41. The van der Waals surface area contributed by atoms with E-state index in [9.17, 15) is 9.90 Å². The Hall–Kier alpha value is -1.26. The molecule has 0 heterocycles. The molecule has 1 aromatic rings. The van der Waals surface area contributed by atoms with Gasteiger partial charge in [0.15, 0.2) is 0 Å². The number of ether oxygens (including phenoxy) is 1. The molecule has 0 aliphatic carbocycles. The number of hydrogen-bond acceptors (Lipinski definition) is 3. The second-order valence-electron chi connectivity index (χ2n) is 5.43. The van der Waals surface area contributed by atoms with Crippen LogP contribution in [0.5, 0.6) is 0 Å². The maximum Gasteiger partial charge on any atom is 0.407 e. The van der Waals surface area contributed by atoms with Crippen molar-refractivity contribution in [1.29, 1.82) is 0 Å². The molecule has 19 heavy (non-hydrogen) atoms. The number of hydrogen-bond donors (Lipinski definition) is 2. The summed E-state index contributed by atoms with van der Waals surface area (Å²) in [5, 5.41) is 13.3. The highest BCUT2D eigenvalue weighted by atomic mass is 35.5. The Labute approximate surface area is 118 Å². The van der Waals surface area contributed by atoms with Crippen LogP contribution in [0, 0.1) is 0 Å².